The average molecular weight is 278 g/mol. The Balaban J connectivity index is 2.11. The van der Waals surface area contributed by atoms with E-state index >= 15 is 0 Å². The monoisotopic (exact) mass is 278 g/mol. The lowest BCUT2D eigenvalue weighted by Gasteiger charge is -1.99. The molecular formula is C18H24F2. The van der Waals surface area contributed by atoms with Crippen LogP contribution in [0.2, 0.25) is 0 Å². The number of rotatable bonds is 8. The normalized spacial score (nSPS) is 10.2. The molecule has 0 aliphatic heterocycles. The van der Waals surface area contributed by atoms with Crippen molar-refractivity contribution in [3.05, 3.63) is 35.4 Å². The molecule has 20 heavy (non-hydrogen) atoms. The smallest absolute Gasteiger partial charge is 0.127 e. The van der Waals surface area contributed by atoms with Gasteiger partial charge in [-0.25, -0.2) is 8.78 Å². The minimum absolute atomic E-state index is 0.419. The number of benzene rings is 1. The van der Waals surface area contributed by atoms with Crippen molar-refractivity contribution in [3.8, 4) is 11.8 Å². The summed E-state index contributed by atoms with van der Waals surface area (Å²) in [4.78, 5) is 0. The van der Waals surface area contributed by atoms with Crippen LogP contribution in [0.15, 0.2) is 18.2 Å². The first kappa shape index (κ1) is 16.7. The van der Waals surface area contributed by atoms with Crippen LogP contribution in [-0.2, 0) is 0 Å². The molecule has 0 heterocycles. The molecule has 0 spiro atoms. The highest BCUT2D eigenvalue weighted by Crippen LogP contribution is 2.10. The highest BCUT2D eigenvalue weighted by Gasteiger charge is 1.97. The molecule has 0 N–H and O–H groups in total. The summed E-state index contributed by atoms with van der Waals surface area (Å²) < 4.78 is 25.8. The van der Waals surface area contributed by atoms with Crippen LogP contribution >= 0.6 is 0 Å². The molecule has 1 aromatic carbocycles. The first-order valence-corrected chi connectivity index (χ1v) is 7.67. The molecular weight excluding hydrogens is 254 g/mol. The van der Waals surface area contributed by atoms with E-state index in [1.165, 1.54) is 57.1 Å². The average Bonchev–Trinajstić information content (AvgIpc) is 2.40. The van der Waals surface area contributed by atoms with Crippen molar-refractivity contribution in [2.24, 2.45) is 0 Å². The highest BCUT2D eigenvalue weighted by molar-refractivity contribution is 5.34. The minimum Gasteiger partial charge on any atom is -0.207 e. The molecule has 0 atom stereocenters. The van der Waals surface area contributed by atoms with E-state index in [2.05, 4.69) is 18.8 Å². The summed E-state index contributed by atoms with van der Waals surface area (Å²) in [6.45, 7) is 2.23. The largest absolute Gasteiger partial charge is 0.207 e. The maximum absolute atomic E-state index is 12.9. The van der Waals surface area contributed by atoms with Gasteiger partial charge in [0, 0.05) is 18.1 Å². The van der Waals surface area contributed by atoms with Crippen molar-refractivity contribution in [3.63, 3.8) is 0 Å². The van der Waals surface area contributed by atoms with E-state index in [9.17, 15) is 8.78 Å². The van der Waals surface area contributed by atoms with Gasteiger partial charge in [-0.15, -0.1) is 0 Å². The number of hydrogen-bond donors (Lipinski definition) is 0. The number of halogens is 2. The van der Waals surface area contributed by atoms with Crippen molar-refractivity contribution in [2.45, 2.75) is 64.7 Å². The summed E-state index contributed by atoms with van der Waals surface area (Å²) in [7, 11) is 0. The predicted octanol–water partition coefficient (Wildman–Crippen LogP) is 5.85. The zero-order valence-electron chi connectivity index (χ0n) is 12.4. The molecule has 0 aliphatic carbocycles. The Morgan fingerprint density at radius 2 is 1.35 bits per heavy atom. The first-order chi connectivity index (χ1) is 9.72. The summed E-state index contributed by atoms with van der Waals surface area (Å²) in [5.74, 6) is 4.66. The van der Waals surface area contributed by atoms with E-state index in [0.29, 0.717) is 5.56 Å². The van der Waals surface area contributed by atoms with Gasteiger partial charge in [-0.2, -0.15) is 0 Å². The summed E-state index contributed by atoms with van der Waals surface area (Å²) in [6, 6.07) is 3.40. The summed E-state index contributed by atoms with van der Waals surface area (Å²) >= 11 is 0. The maximum Gasteiger partial charge on any atom is 0.127 e. The standard InChI is InChI=1S/C18H24F2/c1-2-3-4-5-6-7-8-9-10-11-12-16-13-17(19)15-18(20)14-16/h13-15H,2-10H2,1H3. The van der Waals surface area contributed by atoms with Crippen LogP contribution in [0.5, 0.6) is 0 Å². The van der Waals surface area contributed by atoms with Crippen molar-refractivity contribution in [1.29, 1.82) is 0 Å². The van der Waals surface area contributed by atoms with Gasteiger partial charge in [0.05, 0.1) is 0 Å². The van der Waals surface area contributed by atoms with Crippen LogP contribution in [0.4, 0.5) is 8.78 Å². The van der Waals surface area contributed by atoms with Gasteiger partial charge in [-0.3, -0.25) is 0 Å². The molecule has 0 amide bonds. The maximum atomic E-state index is 12.9. The molecule has 0 fully saturated rings. The van der Waals surface area contributed by atoms with Crippen molar-refractivity contribution >= 4 is 0 Å². The molecule has 0 radical (unpaired) electrons. The number of unbranched alkanes of at least 4 members (excludes halogenated alkanes) is 8. The van der Waals surface area contributed by atoms with Gasteiger partial charge in [0.15, 0.2) is 0 Å². The Kier molecular flexibility index (Phi) is 8.71. The van der Waals surface area contributed by atoms with E-state index in [1.54, 1.807) is 0 Å². The van der Waals surface area contributed by atoms with Crippen LogP contribution in [-0.4, -0.2) is 0 Å². The minimum atomic E-state index is -0.568. The predicted molar refractivity (Wildman–Crippen MR) is 80.5 cm³/mol. The zero-order valence-corrected chi connectivity index (χ0v) is 12.4. The molecule has 0 bridgehead atoms. The van der Waals surface area contributed by atoms with E-state index in [-0.39, 0.29) is 0 Å². The van der Waals surface area contributed by atoms with Crippen molar-refractivity contribution in [1.82, 2.24) is 0 Å². The third kappa shape index (κ3) is 7.94. The van der Waals surface area contributed by atoms with Crippen LogP contribution < -0.4 is 0 Å². The topological polar surface area (TPSA) is 0 Å². The van der Waals surface area contributed by atoms with Crippen LogP contribution in [0, 0.1) is 23.5 Å². The van der Waals surface area contributed by atoms with Gasteiger partial charge < -0.3 is 0 Å². The molecule has 0 aliphatic rings. The van der Waals surface area contributed by atoms with Gasteiger partial charge in [-0.1, -0.05) is 63.7 Å². The lowest BCUT2D eigenvalue weighted by molar-refractivity contribution is 0.579. The van der Waals surface area contributed by atoms with Crippen molar-refractivity contribution < 1.29 is 8.78 Å². The Morgan fingerprint density at radius 1 is 0.800 bits per heavy atom. The highest BCUT2D eigenvalue weighted by atomic mass is 19.1. The Bertz CT molecular complexity index is 420. The summed E-state index contributed by atoms with van der Waals surface area (Å²) in [5, 5.41) is 0. The van der Waals surface area contributed by atoms with Gasteiger partial charge in [-0.05, 0) is 18.6 Å². The molecule has 110 valence electrons. The third-order valence-electron chi connectivity index (χ3n) is 3.25. The summed E-state index contributed by atoms with van der Waals surface area (Å²) in [6.07, 6.45) is 10.9. The first-order valence-electron chi connectivity index (χ1n) is 7.67. The summed E-state index contributed by atoms with van der Waals surface area (Å²) in [5.41, 5.74) is 0.419. The Labute approximate surface area is 121 Å². The van der Waals surface area contributed by atoms with Crippen molar-refractivity contribution in [2.75, 3.05) is 0 Å². The Morgan fingerprint density at radius 3 is 1.95 bits per heavy atom. The molecule has 2 heteroatoms. The van der Waals surface area contributed by atoms with E-state index in [4.69, 9.17) is 0 Å². The van der Waals surface area contributed by atoms with Crippen LogP contribution in [0.1, 0.15) is 70.3 Å². The molecule has 0 saturated heterocycles. The SMILES string of the molecule is CCCCCCCCCCC#Cc1cc(F)cc(F)c1. The third-order valence-corrected chi connectivity index (χ3v) is 3.25. The second-order valence-corrected chi connectivity index (χ2v) is 5.18. The lowest BCUT2D eigenvalue weighted by atomic mass is 10.1. The van der Waals surface area contributed by atoms with E-state index in [1.807, 2.05) is 0 Å². The second kappa shape index (κ2) is 10.4. The van der Waals surface area contributed by atoms with E-state index in [0.717, 1.165) is 18.9 Å². The van der Waals surface area contributed by atoms with Gasteiger partial charge >= 0.3 is 0 Å². The fourth-order valence-corrected chi connectivity index (χ4v) is 2.14. The molecule has 0 saturated carbocycles. The molecule has 0 unspecified atom stereocenters. The molecule has 0 aromatic heterocycles. The lowest BCUT2D eigenvalue weighted by Crippen LogP contribution is -1.83. The fraction of sp³-hybridized carbons (Fsp3) is 0.556. The zero-order chi connectivity index (χ0) is 14.6. The second-order valence-electron chi connectivity index (χ2n) is 5.18. The Hall–Kier alpha value is -1.36. The number of hydrogen-bond acceptors (Lipinski definition) is 0. The quantitative estimate of drug-likeness (QED) is 0.413. The fourth-order valence-electron chi connectivity index (χ4n) is 2.14. The molecule has 0 nitrogen and oxygen atoms in total. The van der Waals surface area contributed by atoms with E-state index < -0.39 is 11.6 Å². The van der Waals surface area contributed by atoms with Crippen LogP contribution in [0.3, 0.4) is 0 Å². The van der Waals surface area contributed by atoms with Gasteiger partial charge in [0.25, 0.3) is 0 Å². The van der Waals surface area contributed by atoms with Gasteiger partial charge in [0.2, 0.25) is 0 Å². The molecule has 1 rings (SSSR count). The molecule has 1 aromatic rings. The van der Waals surface area contributed by atoms with Crippen LogP contribution in [0.25, 0.3) is 0 Å². The van der Waals surface area contributed by atoms with Gasteiger partial charge in [0.1, 0.15) is 11.6 Å².